The molecule has 0 aromatic heterocycles. The number of hydrogen-bond acceptors (Lipinski definition) is 3. The van der Waals surface area contributed by atoms with E-state index in [0.29, 0.717) is 0 Å². The normalized spacial score (nSPS) is 13.1. The molecule has 1 atom stereocenters. The molecule has 15 heavy (non-hydrogen) atoms. The van der Waals surface area contributed by atoms with E-state index in [1.807, 2.05) is 0 Å². The molecule has 0 heterocycles. The lowest BCUT2D eigenvalue weighted by atomic mass is 10.4. The monoisotopic (exact) mass is 288 g/mol. The molecular formula is C9H9BrN2O2S. The zero-order chi connectivity index (χ0) is 11.5. The van der Waals surface area contributed by atoms with Gasteiger partial charge in [-0.1, -0.05) is 15.9 Å². The molecule has 1 rings (SSSR count). The second kappa shape index (κ2) is 4.75. The van der Waals surface area contributed by atoms with Crippen LogP contribution in [0.5, 0.6) is 0 Å². The van der Waals surface area contributed by atoms with Gasteiger partial charge in [0.1, 0.15) is 6.04 Å². The SMILES string of the molecule is CC(C#N)NS(=O)(=O)c1ccc(Br)cc1. The van der Waals surface area contributed by atoms with E-state index in [0.717, 1.165) is 4.47 Å². The molecule has 1 aromatic rings. The van der Waals surface area contributed by atoms with E-state index in [2.05, 4.69) is 20.7 Å². The number of nitrogens with one attached hydrogen (secondary N) is 1. The second-order valence-corrected chi connectivity index (χ2v) is 5.56. The van der Waals surface area contributed by atoms with Crippen molar-refractivity contribution >= 4 is 26.0 Å². The van der Waals surface area contributed by atoms with Crippen LogP contribution < -0.4 is 4.72 Å². The molecule has 0 radical (unpaired) electrons. The standard InChI is InChI=1S/C9H9BrN2O2S/c1-7(6-11)12-15(13,14)9-4-2-8(10)3-5-9/h2-5,7,12H,1H3. The fraction of sp³-hybridized carbons (Fsp3) is 0.222. The van der Waals surface area contributed by atoms with Crippen LogP contribution in [0.2, 0.25) is 0 Å². The number of rotatable bonds is 3. The van der Waals surface area contributed by atoms with Crippen LogP contribution >= 0.6 is 15.9 Å². The van der Waals surface area contributed by atoms with Gasteiger partial charge in [0.25, 0.3) is 0 Å². The van der Waals surface area contributed by atoms with Gasteiger partial charge in [0.15, 0.2) is 0 Å². The van der Waals surface area contributed by atoms with Gasteiger partial charge in [-0.15, -0.1) is 0 Å². The summed E-state index contributed by atoms with van der Waals surface area (Å²) in [6.45, 7) is 1.48. The first kappa shape index (κ1) is 12.2. The van der Waals surface area contributed by atoms with Crippen molar-refractivity contribution < 1.29 is 8.42 Å². The average molecular weight is 289 g/mol. The minimum absolute atomic E-state index is 0.146. The Morgan fingerprint density at radius 3 is 2.40 bits per heavy atom. The third-order valence-corrected chi connectivity index (χ3v) is 3.73. The van der Waals surface area contributed by atoms with Crippen LogP contribution in [-0.4, -0.2) is 14.5 Å². The zero-order valence-corrected chi connectivity index (χ0v) is 10.3. The molecular weight excluding hydrogens is 280 g/mol. The van der Waals surface area contributed by atoms with Gasteiger partial charge in [-0.3, -0.25) is 0 Å². The van der Waals surface area contributed by atoms with Crippen LogP contribution in [0.25, 0.3) is 0 Å². The van der Waals surface area contributed by atoms with Crippen molar-refractivity contribution in [3.05, 3.63) is 28.7 Å². The number of benzene rings is 1. The van der Waals surface area contributed by atoms with E-state index in [1.54, 1.807) is 18.2 Å². The summed E-state index contributed by atoms with van der Waals surface area (Å²) in [6, 6.07) is 7.26. The molecule has 0 saturated heterocycles. The Bertz CT molecular complexity index is 476. The van der Waals surface area contributed by atoms with Crippen molar-refractivity contribution in [3.63, 3.8) is 0 Å². The average Bonchev–Trinajstić information content (AvgIpc) is 2.17. The van der Waals surface area contributed by atoms with E-state index in [1.165, 1.54) is 19.1 Å². The smallest absolute Gasteiger partial charge is 0.207 e. The first-order valence-electron chi connectivity index (χ1n) is 4.13. The first-order chi connectivity index (χ1) is 6.95. The molecule has 0 spiro atoms. The molecule has 4 nitrogen and oxygen atoms in total. The summed E-state index contributed by atoms with van der Waals surface area (Å²) in [7, 11) is -3.58. The number of hydrogen-bond donors (Lipinski definition) is 1. The molecule has 0 aliphatic carbocycles. The minimum atomic E-state index is -3.58. The summed E-state index contributed by atoms with van der Waals surface area (Å²) < 4.78 is 26.3. The third kappa shape index (κ3) is 3.30. The van der Waals surface area contributed by atoms with Crippen molar-refractivity contribution in [3.8, 4) is 6.07 Å². The van der Waals surface area contributed by atoms with Crippen LogP contribution in [0.1, 0.15) is 6.92 Å². The highest BCUT2D eigenvalue weighted by Crippen LogP contribution is 2.14. The van der Waals surface area contributed by atoms with Gasteiger partial charge in [-0.25, -0.2) is 8.42 Å². The number of sulfonamides is 1. The predicted molar refractivity (Wildman–Crippen MR) is 59.5 cm³/mol. The highest BCUT2D eigenvalue weighted by molar-refractivity contribution is 9.10. The van der Waals surface area contributed by atoms with Crippen molar-refractivity contribution in [2.75, 3.05) is 0 Å². The molecule has 0 aliphatic rings. The van der Waals surface area contributed by atoms with Gasteiger partial charge in [-0.2, -0.15) is 9.98 Å². The van der Waals surface area contributed by atoms with Crippen molar-refractivity contribution in [2.24, 2.45) is 0 Å². The van der Waals surface area contributed by atoms with Crippen LogP contribution in [-0.2, 0) is 10.0 Å². The maximum absolute atomic E-state index is 11.6. The third-order valence-electron chi connectivity index (χ3n) is 1.65. The van der Waals surface area contributed by atoms with E-state index in [-0.39, 0.29) is 4.90 Å². The molecule has 0 saturated carbocycles. The quantitative estimate of drug-likeness (QED) is 0.919. The van der Waals surface area contributed by atoms with Crippen molar-refractivity contribution in [1.29, 1.82) is 5.26 Å². The Hall–Kier alpha value is -0.900. The lowest BCUT2D eigenvalue weighted by molar-refractivity contribution is 0.577. The fourth-order valence-electron chi connectivity index (χ4n) is 0.941. The van der Waals surface area contributed by atoms with Crippen LogP contribution in [0, 0.1) is 11.3 Å². The van der Waals surface area contributed by atoms with Crippen molar-refractivity contribution in [2.45, 2.75) is 17.9 Å². The Morgan fingerprint density at radius 2 is 1.93 bits per heavy atom. The lowest BCUT2D eigenvalue weighted by Crippen LogP contribution is -2.31. The number of nitriles is 1. The molecule has 80 valence electrons. The maximum atomic E-state index is 11.6. The van der Waals surface area contributed by atoms with E-state index >= 15 is 0 Å². The fourth-order valence-corrected chi connectivity index (χ4v) is 2.35. The minimum Gasteiger partial charge on any atom is -0.207 e. The zero-order valence-electron chi connectivity index (χ0n) is 7.94. The molecule has 0 aliphatic heterocycles. The van der Waals surface area contributed by atoms with Gasteiger partial charge < -0.3 is 0 Å². The molecule has 1 aromatic carbocycles. The summed E-state index contributed by atoms with van der Waals surface area (Å²) in [6.07, 6.45) is 0. The summed E-state index contributed by atoms with van der Waals surface area (Å²) in [5.74, 6) is 0. The van der Waals surface area contributed by atoms with Crippen molar-refractivity contribution in [1.82, 2.24) is 4.72 Å². The maximum Gasteiger partial charge on any atom is 0.241 e. The Labute approximate surface area is 97.1 Å². The Kier molecular flexibility index (Phi) is 3.85. The molecule has 1 N–H and O–H groups in total. The van der Waals surface area contributed by atoms with E-state index in [4.69, 9.17) is 5.26 Å². The van der Waals surface area contributed by atoms with E-state index in [9.17, 15) is 8.42 Å². The Balaban J connectivity index is 2.98. The largest absolute Gasteiger partial charge is 0.241 e. The highest BCUT2D eigenvalue weighted by Gasteiger charge is 2.16. The van der Waals surface area contributed by atoms with Gasteiger partial charge in [0.05, 0.1) is 11.0 Å². The molecule has 0 bridgehead atoms. The van der Waals surface area contributed by atoms with Gasteiger partial charge in [-0.05, 0) is 31.2 Å². The van der Waals surface area contributed by atoms with Gasteiger partial charge in [0, 0.05) is 4.47 Å². The molecule has 0 amide bonds. The van der Waals surface area contributed by atoms with E-state index < -0.39 is 16.1 Å². The first-order valence-corrected chi connectivity index (χ1v) is 6.41. The second-order valence-electron chi connectivity index (χ2n) is 2.93. The predicted octanol–water partition coefficient (Wildman–Crippen LogP) is 1.64. The summed E-state index contributed by atoms with van der Waals surface area (Å²) in [5.41, 5.74) is 0. The highest BCUT2D eigenvalue weighted by atomic mass is 79.9. The van der Waals surface area contributed by atoms with Crippen LogP contribution in [0.4, 0.5) is 0 Å². The molecule has 6 heteroatoms. The summed E-state index contributed by atoms with van der Waals surface area (Å²) in [5, 5.41) is 8.50. The molecule has 1 unspecified atom stereocenters. The Morgan fingerprint density at radius 1 is 1.40 bits per heavy atom. The van der Waals surface area contributed by atoms with Gasteiger partial charge in [0.2, 0.25) is 10.0 Å². The number of halogens is 1. The topological polar surface area (TPSA) is 70.0 Å². The van der Waals surface area contributed by atoms with Crippen LogP contribution in [0.3, 0.4) is 0 Å². The van der Waals surface area contributed by atoms with Gasteiger partial charge >= 0.3 is 0 Å². The lowest BCUT2D eigenvalue weighted by Gasteiger charge is -2.07. The van der Waals surface area contributed by atoms with Crippen LogP contribution in [0.15, 0.2) is 33.6 Å². The number of nitrogens with zero attached hydrogens (tertiary/aromatic N) is 1. The molecule has 0 fully saturated rings. The summed E-state index contributed by atoms with van der Waals surface area (Å²) >= 11 is 3.21. The summed E-state index contributed by atoms with van der Waals surface area (Å²) in [4.78, 5) is 0.146.